The Bertz CT molecular complexity index is 1120. The number of carbonyl (C=O) groups is 1. The number of piperazine rings is 1. The summed E-state index contributed by atoms with van der Waals surface area (Å²) in [6.45, 7) is 20.1. The molecule has 0 saturated carbocycles. The van der Waals surface area contributed by atoms with Gasteiger partial charge >= 0.3 is 0 Å². The Balaban J connectivity index is 2.75. The molecule has 1 aliphatic heterocycles. The molecule has 1 aromatic carbocycles. The van der Waals surface area contributed by atoms with E-state index in [-0.39, 0.29) is 28.9 Å². The molecule has 1 amide bonds. The number of allylic oxidation sites excluding steroid dienone is 3. The first-order valence-electron chi connectivity index (χ1n) is 14.1. The van der Waals surface area contributed by atoms with Gasteiger partial charge in [-0.15, -0.1) is 0 Å². The minimum absolute atomic E-state index is 0.0545. The van der Waals surface area contributed by atoms with E-state index < -0.39 is 10.0 Å². The smallest absolute Gasteiger partial charge is 0.254 e. The van der Waals surface area contributed by atoms with Crippen molar-refractivity contribution in [2.24, 2.45) is 0 Å². The first-order valence-corrected chi connectivity index (χ1v) is 15.6. The predicted molar refractivity (Wildman–Crippen MR) is 161 cm³/mol. The van der Waals surface area contributed by atoms with Crippen LogP contribution in [0.25, 0.3) is 0 Å². The first-order chi connectivity index (χ1) is 18.5. The molecule has 9 heteroatoms. The number of nitrogens with one attached hydrogen (secondary N) is 1. The van der Waals surface area contributed by atoms with Gasteiger partial charge in [0.2, 0.25) is 10.0 Å². The zero-order valence-corrected chi connectivity index (χ0v) is 25.4. The zero-order valence-electron chi connectivity index (χ0n) is 24.6. The van der Waals surface area contributed by atoms with E-state index in [2.05, 4.69) is 41.5 Å². The van der Waals surface area contributed by atoms with Gasteiger partial charge in [-0.3, -0.25) is 4.79 Å². The van der Waals surface area contributed by atoms with E-state index >= 15 is 0 Å². The SMILES string of the molecule is C=C(C)/C=C\C(=C)Oc1c(N(CCCC)CCCCC)cc(C(=O)N2CCN(C)CC2)cc1S(=O)(=O)NCC. The summed E-state index contributed by atoms with van der Waals surface area (Å²) in [5, 5.41) is 0. The Morgan fingerprint density at radius 2 is 1.67 bits per heavy atom. The van der Waals surface area contributed by atoms with Crippen LogP contribution < -0.4 is 14.4 Å². The molecule has 0 atom stereocenters. The Kier molecular flexibility index (Phi) is 13.2. The van der Waals surface area contributed by atoms with Crippen molar-refractivity contribution in [1.29, 1.82) is 0 Å². The van der Waals surface area contributed by atoms with Gasteiger partial charge in [0.15, 0.2) is 5.75 Å². The van der Waals surface area contributed by atoms with Gasteiger partial charge in [-0.25, -0.2) is 13.1 Å². The second-order valence-corrected chi connectivity index (χ2v) is 12.0. The summed E-state index contributed by atoms with van der Waals surface area (Å²) in [5.74, 6) is 0.304. The van der Waals surface area contributed by atoms with Gasteiger partial charge < -0.3 is 19.4 Å². The van der Waals surface area contributed by atoms with E-state index in [0.29, 0.717) is 24.3 Å². The molecule has 1 aromatic rings. The fourth-order valence-electron chi connectivity index (χ4n) is 4.36. The van der Waals surface area contributed by atoms with Crippen molar-refractivity contribution in [2.45, 2.75) is 64.7 Å². The number of hydrogen-bond donors (Lipinski definition) is 1. The number of unbranched alkanes of at least 4 members (excludes halogenated alkanes) is 3. The molecule has 1 heterocycles. The molecule has 0 bridgehead atoms. The van der Waals surface area contributed by atoms with Crippen molar-refractivity contribution in [1.82, 2.24) is 14.5 Å². The normalized spacial score (nSPS) is 14.5. The largest absolute Gasteiger partial charge is 0.454 e. The van der Waals surface area contributed by atoms with Gasteiger partial charge in [0.05, 0.1) is 5.69 Å². The van der Waals surface area contributed by atoms with E-state index in [4.69, 9.17) is 4.74 Å². The third kappa shape index (κ3) is 9.81. The van der Waals surface area contributed by atoms with Gasteiger partial charge in [-0.05, 0) is 45.0 Å². The summed E-state index contributed by atoms with van der Waals surface area (Å²) < 4.78 is 35.9. The van der Waals surface area contributed by atoms with Crippen LogP contribution in [0, 0.1) is 0 Å². The molecular formula is C30H48N4O4S. The fraction of sp³-hybridized carbons (Fsp3) is 0.567. The van der Waals surface area contributed by atoms with E-state index in [1.807, 2.05) is 14.0 Å². The number of amides is 1. The second-order valence-electron chi connectivity index (χ2n) is 10.2. The number of rotatable bonds is 16. The van der Waals surface area contributed by atoms with Crippen LogP contribution in [0.15, 0.2) is 53.7 Å². The van der Waals surface area contributed by atoms with Crippen molar-refractivity contribution < 1.29 is 17.9 Å². The molecule has 0 unspecified atom stereocenters. The molecule has 0 aliphatic carbocycles. The summed E-state index contributed by atoms with van der Waals surface area (Å²) >= 11 is 0. The Labute approximate surface area is 236 Å². The van der Waals surface area contributed by atoms with Crippen molar-refractivity contribution in [2.75, 3.05) is 57.8 Å². The van der Waals surface area contributed by atoms with Crippen molar-refractivity contribution in [3.8, 4) is 5.75 Å². The molecular weight excluding hydrogens is 512 g/mol. The number of ether oxygens (including phenoxy) is 1. The number of benzene rings is 1. The molecule has 1 N–H and O–H groups in total. The highest BCUT2D eigenvalue weighted by Crippen LogP contribution is 2.39. The predicted octanol–water partition coefficient (Wildman–Crippen LogP) is 5.19. The van der Waals surface area contributed by atoms with Gasteiger partial charge in [-0.1, -0.05) is 64.8 Å². The lowest BCUT2D eigenvalue weighted by atomic mass is 10.1. The minimum Gasteiger partial charge on any atom is -0.454 e. The van der Waals surface area contributed by atoms with Crippen LogP contribution in [-0.4, -0.2) is 77.0 Å². The highest BCUT2D eigenvalue weighted by molar-refractivity contribution is 7.89. The van der Waals surface area contributed by atoms with Crippen molar-refractivity contribution in [3.05, 3.63) is 54.3 Å². The first kappa shape index (κ1) is 32.6. The van der Waals surface area contributed by atoms with Crippen molar-refractivity contribution in [3.63, 3.8) is 0 Å². The number of sulfonamides is 1. The summed E-state index contributed by atoms with van der Waals surface area (Å²) in [5.41, 5.74) is 1.76. The average molecular weight is 561 g/mol. The summed E-state index contributed by atoms with van der Waals surface area (Å²) in [6, 6.07) is 3.26. The van der Waals surface area contributed by atoms with Crippen molar-refractivity contribution >= 4 is 21.6 Å². The lowest BCUT2D eigenvalue weighted by molar-refractivity contribution is 0.0664. The maximum absolute atomic E-state index is 13.7. The van der Waals surface area contributed by atoms with Crippen LogP contribution >= 0.6 is 0 Å². The molecule has 0 radical (unpaired) electrons. The fourth-order valence-corrected chi connectivity index (χ4v) is 5.57. The molecule has 2 rings (SSSR count). The number of anilines is 1. The Morgan fingerprint density at radius 1 is 1.03 bits per heavy atom. The summed E-state index contributed by atoms with van der Waals surface area (Å²) in [4.78, 5) is 19.8. The quantitative estimate of drug-likeness (QED) is 0.170. The van der Waals surface area contributed by atoms with Gasteiger partial charge in [0, 0.05) is 51.4 Å². The van der Waals surface area contributed by atoms with Gasteiger partial charge in [-0.2, -0.15) is 0 Å². The van der Waals surface area contributed by atoms with Gasteiger partial charge in [0.25, 0.3) is 5.91 Å². The van der Waals surface area contributed by atoms with Crippen LogP contribution in [0.2, 0.25) is 0 Å². The number of likely N-dealkylation sites (N-methyl/N-ethyl adjacent to an activating group) is 1. The third-order valence-corrected chi connectivity index (χ3v) is 8.19. The summed E-state index contributed by atoms with van der Waals surface area (Å²) in [7, 11) is -1.95. The number of carbonyl (C=O) groups excluding carboxylic acids is 1. The van der Waals surface area contributed by atoms with E-state index in [1.54, 1.807) is 30.0 Å². The topological polar surface area (TPSA) is 82.2 Å². The van der Waals surface area contributed by atoms with Crippen LogP contribution in [0.5, 0.6) is 5.75 Å². The van der Waals surface area contributed by atoms with E-state index in [9.17, 15) is 13.2 Å². The van der Waals surface area contributed by atoms with E-state index in [0.717, 1.165) is 63.9 Å². The van der Waals surface area contributed by atoms with E-state index in [1.165, 1.54) is 6.07 Å². The third-order valence-electron chi connectivity index (χ3n) is 6.64. The molecule has 1 aliphatic rings. The van der Waals surface area contributed by atoms with Crippen LogP contribution in [0.1, 0.15) is 70.2 Å². The average Bonchev–Trinajstić information content (AvgIpc) is 2.89. The number of nitrogens with zero attached hydrogens (tertiary/aromatic N) is 3. The zero-order chi connectivity index (χ0) is 29.0. The highest BCUT2D eigenvalue weighted by atomic mass is 32.2. The van der Waals surface area contributed by atoms with Gasteiger partial charge in [0.1, 0.15) is 10.7 Å². The molecule has 1 fully saturated rings. The van der Waals surface area contributed by atoms with Crippen LogP contribution in [0.4, 0.5) is 5.69 Å². The highest BCUT2D eigenvalue weighted by Gasteiger charge is 2.30. The minimum atomic E-state index is -3.98. The Hall–Kier alpha value is -2.62. The Morgan fingerprint density at radius 3 is 2.26 bits per heavy atom. The number of hydrogen-bond acceptors (Lipinski definition) is 6. The lowest BCUT2D eigenvalue weighted by Gasteiger charge is -2.33. The molecule has 1 saturated heterocycles. The second kappa shape index (κ2) is 15.8. The molecule has 0 aromatic heterocycles. The molecule has 8 nitrogen and oxygen atoms in total. The monoisotopic (exact) mass is 560 g/mol. The van der Waals surface area contributed by atoms with Crippen LogP contribution in [-0.2, 0) is 10.0 Å². The maximum Gasteiger partial charge on any atom is 0.254 e. The maximum atomic E-state index is 13.7. The summed E-state index contributed by atoms with van der Waals surface area (Å²) in [6.07, 6.45) is 8.41. The lowest BCUT2D eigenvalue weighted by Crippen LogP contribution is -2.47. The molecule has 39 heavy (non-hydrogen) atoms. The molecule has 218 valence electrons. The standard InChI is InChI=1S/C30H48N4O4S/c1-8-11-13-17-33(16-12-9-2)27-22-26(30(35)34-20-18-32(7)19-21-34)23-28(39(36,37)31-10-3)29(27)38-25(6)15-14-24(4)5/h14-15,22-23,31H,4,6,8-13,16-21H2,1-3,5,7H3/b15-14-. The molecule has 0 spiro atoms. The van der Waals surface area contributed by atoms with Crippen LogP contribution in [0.3, 0.4) is 0 Å².